The Morgan fingerprint density at radius 3 is 2.31 bits per heavy atom. The van der Waals surface area contributed by atoms with E-state index >= 15 is 0 Å². The van der Waals surface area contributed by atoms with E-state index in [2.05, 4.69) is 0 Å². The van der Waals surface area contributed by atoms with Gasteiger partial charge in [-0.1, -0.05) is 0 Å². The van der Waals surface area contributed by atoms with E-state index in [1.807, 2.05) is 45.2 Å². The van der Waals surface area contributed by atoms with Crippen molar-refractivity contribution in [1.29, 1.82) is 0 Å². The van der Waals surface area contributed by atoms with Gasteiger partial charge in [-0.15, -0.1) is 0 Å². The Hall–Kier alpha value is 0.350. The van der Waals surface area contributed by atoms with Crippen LogP contribution in [0.2, 0.25) is 0 Å². The van der Waals surface area contributed by atoms with Crippen molar-refractivity contribution in [1.82, 2.24) is 0 Å². The highest BCUT2D eigenvalue weighted by atomic mass is 127. The summed E-state index contributed by atoms with van der Waals surface area (Å²) >= 11 is 3.85. The second-order valence-corrected chi connectivity index (χ2v) is 6.95. The Labute approximate surface area is 120 Å². The Bertz CT molecular complexity index is 497. The van der Waals surface area contributed by atoms with E-state index in [9.17, 15) is 8.42 Å². The third-order valence-corrected chi connectivity index (χ3v) is 3.44. The third kappa shape index (κ3) is 3.98. The van der Waals surface area contributed by atoms with E-state index in [0.717, 1.165) is 9.83 Å². The standard InChI is InChI=1S/C8H8I2O5S/c1-16(13,14)15-7-5(8(11)12)2-4(9)3-6(7)10/h2-3,8,11-12H,1H3. The van der Waals surface area contributed by atoms with Crippen LogP contribution in [-0.4, -0.2) is 24.9 Å². The highest BCUT2D eigenvalue weighted by Crippen LogP contribution is 2.32. The maximum absolute atomic E-state index is 11.0. The molecule has 1 rings (SSSR count). The van der Waals surface area contributed by atoms with E-state index in [4.69, 9.17) is 14.4 Å². The van der Waals surface area contributed by atoms with Crippen LogP contribution >= 0.6 is 45.2 Å². The number of halogens is 2. The molecule has 8 heteroatoms. The van der Waals surface area contributed by atoms with Gasteiger partial charge >= 0.3 is 10.1 Å². The van der Waals surface area contributed by atoms with Crippen molar-refractivity contribution in [2.45, 2.75) is 6.29 Å². The van der Waals surface area contributed by atoms with Crippen molar-refractivity contribution < 1.29 is 22.8 Å². The zero-order chi connectivity index (χ0) is 12.5. The van der Waals surface area contributed by atoms with Crippen LogP contribution in [0.3, 0.4) is 0 Å². The predicted octanol–water partition coefficient (Wildman–Crippen LogP) is 1.22. The monoisotopic (exact) mass is 470 g/mol. The fourth-order valence-electron chi connectivity index (χ4n) is 1.01. The lowest BCUT2D eigenvalue weighted by Gasteiger charge is -2.13. The van der Waals surface area contributed by atoms with Crippen molar-refractivity contribution >= 4 is 55.3 Å². The van der Waals surface area contributed by atoms with Crippen LogP contribution in [-0.2, 0) is 10.1 Å². The molecule has 0 saturated heterocycles. The van der Waals surface area contributed by atoms with Gasteiger partial charge in [0, 0.05) is 3.57 Å². The SMILES string of the molecule is CS(=O)(=O)Oc1c(I)cc(I)cc1C(O)O. The number of aliphatic hydroxyl groups excluding tert-OH is 1. The van der Waals surface area contributed by atoms with Crippen LogP contribution < -0.4 is 4.18 Å². The van der Waals surface area contributed by atoms with Crippen molar-refractivity contribution in [3.8, 4) is 5.75 Å². The minimum Gasteiger partial charge on any atom is -0.381 e. The number of hydrogen-bond donors (Lipinski definition) is 2. The summed E-state index contributed by atoms with van der Waals surface area (Å²) in [6, 6.07) is 3.13. The first-order chi connectivity index (χ1) is 7.20. The smallest absolute Gasteiger partial charge is 0.306 e. The van der Waals surface area contributed by atoms with Gasteiger partial charge in [-0.3, -0.25) is 0 Å². The molecule has 1 aromatic carbocycles. The first-order valence-electron chi connectivity index (χ1n) is 3.95. The van der Waals surface area contributed by atoms with Gasteiger partial charge in [0.2, 0.25) is 0 Å². The normalized spacial score (nSPS) is 11.9. The Morgan fingerprint density at radius 2 is 1.88 bits per heavy atom. The summed E-state index contributed by atoms with van der Waals surface area (Å²) in [4.78, 5) is 0. The van der Waals surface area contributed by atoms with Gasteiger partial charge in [-0.25, -0.2) is 0 Å². The van der Waals surface area contributed by atoms with E-state index in [1.165, 1.54) is 6.07 Å². The van der Waals surface area contributed by atoms with Crippen LogP contribution in [0.4, 0.5) is 0 Å². The summed E-state index contributed by atoms with van der Waals surface area (Å²) < 4.78 is 28.0. The fourth-order valence-corrected chi connectivity index (χ4v) is 3.65. The van der Waals surface area contributed by atoms with Crippen molar-refractivity contribution in [3.05, 3.63) is 24.8 Å². The molecule has 90 valence electrons. The molecule has 1 aromatic rings. The summed E-state index contributed by atoms with van der Waals surface area (Å²) in [5.41, 5.74) is 0.0294. The number of hydrogen-bond acceptors (Lipinski definition) is 5. The van der Waals surface area contributed by atoms with Gasteiger partial charge in [0.15, 0.2) is 12.0 Å². The number of rotatable bonds is 3. The van der Waals surface area contributed by atoms with Crippen LogP contribution in [0.15, 0.2) is 12.1 Å². The van der Waals surface area contributed by atoms with E-state index in [0.29, 0.717) is 3.57 Å². The predicted molar refractivity (Wildman–Crippen MR) is 74.5 cm³/mol. The summed E-state index contributed by atoms with van der Waals surface area (Å²) in [5.74, 6) is -0.0430. The molecule has 0 saturated carbocycles. The van der Waals surface area contributed by atoms with Crippen LogP contribution in [0, 0.1) is 7.14 Å². The molecule has 0 aliphatic heterocycles. The molecule has 0 aliphatic rings. The molecule has 0 aromatic heterocycles. The molecular formula is C8H8I2O5S. The summed E-state index contributed by atoms with van der Waals surface area (Å²) in [6.45, 7) is 0. The van der Waals surface area contributed by atoms with Crippen molar-refractivity contribution in [2.75, 3.05) is 6.26 Å². The Kier molecular flexibility index (Phi) is 4.80. The molecule has 2 N–H and O–H groups in total. The van der Waals surface area contributed by atoms with Crippen LogP contribution in [0.1, 0.15) is 11.9 Å². The lowest BCUT2D eigenvalue weighted by atomic mass is 10.2. The first-order valence-corrected chi connectivity index (χ1v) is 7.92. The van der Waals surface area contributed by atoms with E-state index in [1.54, 1.807) is 6.07 Å². The van der Waals surface area contributed by atoms with Crippen molar-refractivity contribution in [2.24, 2.45) is 0 Å². The molecule has 0 radical (unpaired) electrons. The molecule has 0 heterocycles. The maximum Gasteiger partial charge on any atom is 0.306 e. The molecule has 0 amide bonds. The summed E-state index contributed by atoms with van der Waals surface area (Å²) in [5, 5.41) is 18.2. The van der Waals surface area contributed by atoms with Gasteiger partial charge in [0.1, 0.15) is 0 Å². The third-order valence-electron chi connectivity index (χ3n) is 1.55. The second-order valence-electron chi connectivity index (χ2n) is 2.97. The highest BCUT2D eigenvalue weighted by molar-refractivity contribution is 14.1. The maximum atomic E-state index is 11.0. The zero-order valence-corrected chi connectivity index (χ0v) is 13.1. The van der Waals surface area contributed by atoms with Gasteiger partial charge in [-0.2, -0.15) is 8.42 Å². The molecule has 5 nitrogen and oxygen atoms in total. The highest BCUT2D eigenvalue weighted by Gasteiger charge is 2.18. The van der Waals surface area contributed by atoms with Crippen LogP contribution in [0.5, 0.6) is 5.75 Å². The average molecular weight is 470 g/mol. The summed E-state index contributed by atoms with van der Waals surface area (Å²) in [6.07, 6.45) is -0.880. The minimum absolute atomic E-state index is 0.0294. The van der Waals surface area contributed by atoms with Gasteiger partial charge in [0.05, 0.1) is 15.4 Å². The van der Waals surface area contributed by atoms with Gasteiger partial charge in [0.25, 0.3) is 0 Å². The second kappa shape index (κ2) is 5.33. The fraction of sp³-hybridized carbons (Fsp3) is 0.250. The van der Waals surface area contributed by atoms with Crippen LogP contribution in [0.25, 0.3) is 0 Å². The van der Waals surface area contributed by atoms with Gasteiger partial charge < -0.3 is 14.4 Å². The van der Waals surface area contributed by atoms with E-state index < -0.39 is 16.4 Å². The van der Waals surface area contributed by atoms with Crippen molar-refractivity contribution in [3.63, 3.8) is 0 Å². The molecule has 0 aliphatic carbocycles. The first kappa shape index (κ1) is 14.4. The average Bonchev–Trinajstić information content (AvgIpc) is 2.07. The largest absolute Gasteiger partial charge is 0.381 e. The molecule has 0 bridgehead atoms. The quantitative estimate of drug-likeness (QED) is 0.395. The lowest BCUT2D eigenvalue weighted by Crippen LogP contribution is -2.11. The molecule has 0 unspecified atom stereocenters. The van der Waals surface area contributed by atoms with Gasteiger partial charge in [-0.05, 0) is 57.3 Å². The summed E-state index contributed by atoms with van der Waals surface area (Å²) in [7, 11) is -3.70. The molecule has 0 atom stereocenters. The molecule has 16 heavy (non-hydrogen) atoms. The zero-order valence-electron chi connectivity index (χ0n) is 8.02. The lowest BCUT2D eigenvalue weighted by molar-refractivity contribution is -0.0434. The molecule has 0 spiro atoms. The minimum atomic E-state index is -3.70. The molecule has 0 fully saturated rings. The number of benzene rings is 1. The Balaban J connectivity index is 3.36. The molecular weight excluding hydrogens is 462 g/mol. The Morgan fingerprint density at radius 1 is 1.31 bits per heavy atom. The number of aliphatic hydroxyl groups is 2. The van der Waals surface area contributed by atoms with E-state index in [-0.39, 0.29) is 11.3 Å². The topological polar surface area (TPSA) is 83.8 Å².